The van der Waals surface area contributed by atoms with Crippen LogP contribution in [0.3, 0.4) is 0 Å². The summed E-state index contributed by atoms with van der Waals surface area (Å²) in [5.74, 6) is 0. The lowest BCUT2D eigenvalue weighted by molar-refractivity contribution is 0.747. The summed E-state index contributed by atoms with van der Waals surface area (Å²) in [4.78, 5) is 0. The van der Waals surface area contributed by atoms with Crippen molar-refractivity contribution < 1.29 is 0 Å². The van der Waals surface area contributed by atoms with Gasteiger partial charge in [0.1, 0.15) is 0 Å². The molecule has 0 radical (unpaired) electrons. The van der Waals surface area contributed by atoms with E-state index in [4.69, 9.17) is 0 Å². The topological polar surface area (TPSA) is 4.93 Å². The zero-order chi connectivity index (χ0) is 13.1. The van der Waals surface area contributed by atoms with Crippen molar-refractivity contribution in [2.45, 2.75) is 13.0 Å². The van der Waals surface area contributed by atoms with Crippen molar-refractivity contribution in [3.05, 3.63) is 79.0 Å². The molecule has 0 aliphatic rings. The van der Waals surface area contributed by atoms with Crippen molar-refractivity contribution in [2.75, 3.05) is 0 Å². The standard InChI is InChI=1S/C18H17N/c1-15(16-7-3-2-4-8-16)11-13-19-14-12-17-9-5-6-10-18(17)19/h2-10,12,14H,1,11,13H2. The van der Waals surface area contributed by atoms with Crippen molar-refractivity contribution >= 4 is 16.5 Å². The first-order valence-corrected chi connectivity index (χ1v) is 6.62. The molecule has 3 rings (SSSR count). The number of para-hydroxylation sites is 1. The summed E-state index contributed by atoms with van der Waals surface area (Å²) in [6.45, 7) is 5.16. The van der Waals surface area contributed by atoms with Gasteiger partial charge in [0.2, 0.25) is 0 Å². The number of aromatic nitrogens is 1. The molecule has 0 aliphatic heterocycles. The molecule has 0 bridgehead atoms. The molecule has 0 atom stereocenters. The van der Waals surface area contributed by atoms with E-state index < -0.39 is 0 Å². The number of benzene rings is 2. The van der Waals surface area contributed by atoms with Crippen LogP contribution in [0, 0.1) is 0 Å². The zero-order valence-corrected chi connectivity index (χ0v) is 10.9. The lowest BCUT2D eigenvalue weighted by Gasteiger charge is -2.08. The Morgan fingerprint density at radius 1 is 0.895 bits per heavy atom. The Labute approximate surface area is 113 Å². The Morgan fingerprint density at radius 2 is 1.63 bits per heavy atom. The summed E-state index contributed by atoms with van der Waals surface area (Å²) in [6.07, 6.45) is 3.13. The van der Waals surface area contributed by atoms with Gasteiger partial charge in [-0.05, 0) is 35.1 Å². The lowest BCUT2D eigenvalue weighted by Crippen LogP contribution is -1.97. The molecule has 1 nitrogen and oxygen atoms in total. The van der Waals surface area contributed by atoms with Crippen molar-refractivity contribution in [2.24, 2.45) is 0 Å². The predicted octanol–water partition coefficient (Wildman–Crippen LogP) is 4.74. The number of hydrogen-bond donors (Lipinski definition) is 0. The molecule has 19 heavy (non-hydrogen) atoms. The van der Waals surface area contributed by atoms with Gasteiger partial charge in [-0.3, -0.25) is 0 Å². The number of rotatable bonds is 4. The van der Waals surface area contributed by atoms with Crippen LogP contribution < -0.4 is 0 Å². The molecule has 2 aromatic carbocycles. The van der Waals surface area contributed by atoms with E-state index in [1.165, 1.54) is 22.0 Å². The fourth-order valence-corrected chi connectivity index (χ4v) is 2.41. The van der Waals surface area contributed by atoms with Crippen LogP contribution in [0.15, 0.2) is 73.4 Å². The molecule has 1 aromatic heterocycles. The zero-order valence-electron chi connectivity index (χ0n) is 10.9. The van der Waals surface area contributed by atoms with E-state index in [9.17, 15) is 0 Å². The van der Waals surface area contributed by atoms with Gasteiger partial charge in [0.05, 0.1) is 0 Å². The largest absolute Gasteiger partial charge is 0.347 e. The number of allylic oxidation sites excluding steroid dienone is 1. The van der Waals surface area contributed by atoms with Crippen molar-refractivity contribution in [3.63, 3.8) is 0 Å². The SMILES string of the molecule is C=C(CCn1ccc2ccccc21)c1ccccc1. The van der Waals surface area contributed by atoms with Crippen LogP contribution in [0.5, 0.6) is 0 Å². The van der Waals surface area contributed by atoms with Crippen LogP contribution in [-0.4, -0.2) is 4.57 Å². The average molecular weight is 247 g/mol. The Bertz CT molecular complexity index is 692. The smallest absolute Gasteiger partial charge is 0.0480 e. The van der Waals surface area contributed by atoms with Crippen molar-refractivity contribution in [1.29, 1.82) is 0 Å². The molecule has 3 aromatic rings. The molecule has 0 spiro atoms. The first kappa shape index (κ1) is 11.8. The first-order valence-electron chi connectivity index (χ1n) is 6.62. The quantitative estimate of drug-likeness (QED) is 0.627. The van der Waals surface area contributed by atoms with Crippen LogP contribution in [0.25, 0.3) is 16.5 Å². The summed E-state index contributed by atoms with van der Waals surface area (Å²) in [5, 5.41) is 1.30. The van der Waals surface area contributed by atoms with Crippen LogP contribution in [0.4, 0.5) is 0 Å². The normalized spacial score (nSPS) is 10.7. The van der Waals surface area contributed by atoms with Gasteiger partial charge in [0.25, 0.3) is 0 Å². The Balaban J connectivity index is 1.75. The molecule has 0 fully saturated rings. The van der Waals surface area contributed by atoms with Crippen LogP contribution in [-0.2, 0) is 6.54 Å². The van der Waals surface area contributed by atoms with Crippen LogP contribution in [0.1, 0.15) is 12.0 Å². The third kappa shape index (κ3) is 2.45. The van der Waals surface area contributed by atoms with Gasteiger partial charge in [-0.25, -0.2) is 0 Å². The van der Waals surface area contributed by atoms with E-state index in [1.807, 2.05) is 6.07 Å². The van der Waals surface area contributed by atoms with Gasteiger partial charge in [-0.2, -0.15) is 0 Å². The maximum atomic E-state index is 4.19. The summed E-state index contributed by atoms with van der Waals surface area (Å²) in [6, 6.07) is 21.1. The second-order valence-electron chi connectivity index (χ2n) is 4.79. The summed E-state index contributed by atoms with van der Waals surface area (Å²) < 4.78 is 2.30. The minimum absolute atomic E-state index is 0.973. The molecule has 0 saturated heterocycles. The van der Waals surface area contributed by atoms with Crippen molar-refractivity contribution in [1.82, 2.24) is 4.57 Å². The second-order valence-corrected chi connectivity index (χ2v) is 4.79. The van der Waals surface area contributed by atoms with Gasteiger partial charge < -0.3 is 4.57 Å². The van der Waals surface area contributed by atoms with E-state index in [-0.39, 0.29) is 0 Å². The Kier molecular flexibility index (Phi) is 3.20. The predicted molar refractivity (Wildman–Crippen MR) is 82.0 cm³/mol. The highest BCUT2D eigenvalue weighted by molar-refractivity contribution is 5.80. The molecule has 1 heterocycles. The third-order valence-electron chi connectivity index (χ3n) is 3.52. The molecule has 0 unspecified atom stereocenters. The van der Waals surface area contributed by atoms with Gasteiger partial charge in [-0.1, -0.05) is 55.1 Å². The minimum atomic E-state index is 0.973. The van der Waals surface area contributed by atoms with E-state index in [2.05, 4.69) is 71.9 Å². The molecule has 94 valence electrons. The molecule has 0 aliphatic carbocycles. The van der Waals surface area contributed by atoms with Gasteiger partial charge in [0.15, 0.2) is 0 Å². The maximum absolute atomic E-state index is 4.19. The van der Waals surface area contributed by atoms with E-state index in [0.717, 1.165) is 13.0 Å². The Morgan fingerprint density at radius 3 is 2.47 bits per heavy atom. The minimum Gasteiger partial charge on any atom is -0.347 e. The molecule has 1 heteroatoms. The van der Waals surface area contributed by atoms with Crippen molar-refractivity contribution in [3.8, 4) is 0 Å². The summed E-state index contributed by atoms with van der Waals surface area (Å²) in [7, 11) is 0. The molecular weight excluding hydrogens is 230 g/mol. The average Bonchev–Trinajstić information content (AvgIpc) is 2.89. The fraction of sp³-hybridized carbons (Fsp3) is 0.111. The maximum Gasteiger partial charge on any atom is 0.0480 e. The molecule has 0 amide bonds. The number of nitrogens with zero attached hydrogens (tertiary/aromatic N) is 1. The lowest BCUT2D eigenvalue weighted by atomic mass is 10.1. The van der Waals surface area contributed by atoms with Gasteiger partial charge in [-0.15, -0.1) is 0 Å². The first-order chi connectivity index (χ1) is 9.34. The second kappa shape index (κ2) is 5.15. The summed E-state index contributed by atoms with van der Waals surface area (Å²) in [5.41, 5.74) is 3.72. The summed E-state index contributed by atoms with van der Waals surface area (Å²) >= 11 is 0. The van der Waals surface area contributed by atoms with Gasteiger partial charge >= 0.3 is 0 Å². The highest BCUT2D eigenvalue weighted by atomic mass is 14.9. The van der Waals surface area contributed by atoms with Crippen LogP contribution in [0.2, 0.25) is 0 Å². The molecule has 0 N–H and O–H groups in total. The number of aryl methyl sites for hydroxylation is 1. The van der Waals surface area contributed by atoms with E-state index in [1.54, 1.807) is 0 Å². The number of hydrogen-bond acceptors (Lipinski definition) is 0. The Hall–Kier alpha value is -2.28. The third-order valence-corrected chi connectivity index (χ3v) is 3.52. The fourth-order valence-electron chi connectivity index (χ4n) is 2.41. The number of fused-ring (bicyclic) bond motifs is 1. The molecule has 0 saturated carbocycles. The van der Waals surface area contributed by atoms with Crippen LogP contribution >= 0.6 is 0 Å². The van der Waals surface area contributed by atoms with E-state index in [0.29, 0.717) is 0 Å². The van der Waals surface area contributed by atoms with Gasteiger partial charge in [0, 0.05) is 18.3 Å². The highest BCUT2D eigenvalue weighted by Crippen LogP contribution is 2.20. The highest BCUT2D eigenvalue weighted by Gasteiger charge is 2.02. The monoisotopic (exact) mass is 247 g/mol. The molecular formula is C18H17N. The van der Waals surface area contributed by atoms with E-state index >= 15 is 0 Å².